The van der Waals surface area contributed by atoms with Gasteiger partial charge in [-0.05, 0) is 30.3 Å². The molecule has 1 unspecified atom stereocenters. The van der Waals surface area contributed by atoms with E-state index in [2.05, 4.69) is 10.2 Å². The van der Waals surface area contributed by atoms with Crippen LogP contribution in [-0.4, -0.2) is 73.3 Å². The summed E-state index contributed by atoms with van der Waals surface area (Å²) in [5.74, 6) is -0.550. The lowest BCUT2D eigenvalue weighted by Crippen LogP contribution is -2.50. The lowest BCUT2D eigenvalue weighted by Gasteiger charge is -2.35. The average molecular weight is 489 g/mol. The molecule has 174 valence electrons. The Bertz CT molecular complexity index is 1030. The number of nitrogens with zero attached hydrogens (tertiary/aromatic N) is 3. The number of amides is 3. The molecule has 0 aliphatic carbocycles. The number of hydrogen-bond acceptors (Lipinski definition) is 4. The van der Waals surface area contributed by atoms with Crippen LogP contribution in [-0.2, 0) is 9.59 Å². The number of carbonyl (C=O) groups is 3. The number of piperazine rings is 1. The minimum absolute atomic E-state index is 0.0251. The second-order valence-corrected chi connectivity index (χ2v) is 9.13. The van der Waals surface area contributed by atoms with Gasteiger partial charge in [-0.1, -0.05) is 41.4 Å². The number of hydrogen-bond donors (Lipinski definition) is 1. The van der Waals surface area contributed by atoms with Crippen LogP contribution in [0, 0.1) is 5.92 Å². The molecule has 2 heterocycles. The summed E-state index contributed by atoms with van der Waals surface area (Å²) in [5.41, 5.74) is 1.28. The van der Waals surface area contributed by atoms with E-state index in [-0.39, 0.29) is 30.1 Å². The third-order valence-corrected chi connectivity index (χ3v) is 6.66. The van der Waals surface area contributed by atoms with Gasteiger partial charge in [0.25, 0.3) is 5.91 Å². The Morgan fingerprint density at radius 2 is 1.73 bits per heavy atom. The number of carbonyl (C=O) groups excluding carboxylic acids is 3. The quantitative estimate of drug-likeness (QED) is 0.678. The normalized spacial score (nSPS) is 19.1. The van der Waals surface area contributed by atoms with Gasteiger partial charge in [0, 0.05) is 62.9 Å². The van der Waals surface area contributed by atoms with Crippen LogP contribution in [0.15, 0.2) is 48.5 Å². The summed E-state index contributed by atoms with van der Waals surface area (Å²) in [6.45, 7) is 4.23. The van der Waals surface area contributed by atoms with Crippen molar-refractivity contribution in [2.24, 2.45) is 5.92 Å². The SMILES string of the molecule is O=C(NCCN1CCN(C(=O)c2ccc(Cl)cc2Cl)CC1)C1CC(=O)N(c2ccccc2)C1. The van der Waals surface area contributed by atoms with Crippen molar-refractivity contribution in [3.8, 4) is 0 Å². The second-order valence-electron chi connectivity index (χ2n) is 8.29. The predicted molar refractivity (Wildman–Crippen MR) is 129 cm³/mol. The van der Waals surface area contributed by atoms with Gasteiger partial charge in [0.2, 0.25) is 11.8 Å². The van der Waals surface area contributed by atoms with E-state index in [0.29, 0.717) is 48.3 Å². The summed E-state index contributed by atoms with van der Waals surface area (Å²) in [6.07, 6.45) is 0.231. The predicted octanol–water partition coefficient (Wildman–Crippen LogP) is 2.92. The van der Waals surface area contributed by atoms with Crippen LogP contribution < -0.4 is 10.2 Å². The zero-order valence-electron chi connectivity index (χ0n) is 18.2. The van der Waals surface area contributed by atoms with E-state index in [4.69, 9.17) is 23.2 Å². The van der Waals surface area contributed by atoms with Crippen molar-refractivity contribution in [1.29, 1.82) is 0 Å². The maximum absolute atomic E-state index is 12.7. The first-order valence-corrected chi connectivity index (χ1v) is 11.8. The van der Waals surface area contributed by atoms with E-state index in [1.807, 2.05) is 30.3 Å². The second kappa shape index (κ2) is 10.5. The van der Waals surface area contributed by atoms with Crippen molar-refractivity contribution in [3.63, 3.8) is 0 Å². The first-order valence-electron chi connectivity index (χ1n) is 11.0. The molecule has 0 saturated carbocycles. The molecule has 1 atom stereocenters. The van der Waals surface area contributed by atoms with Crippen molar-refractivity contribution < 1.29 is 14.4 Å². The van der Waals surface area contributed by atoms with Crippen molar-refractivity contribution in [1.82, 2.24) is 15.1 Å². The van der Waals surface area contributed by atoms with Crippen LogP contribution in [0.25, 0.3) is 0 Å². The molecule has 2 saturated heterocycles. The van der Waals surface area contributed by atoms with Crippen LogP contribution in [0.3, 0.4) is 0 Å². The van der Waals surface area contributed by atoms with Gasteiger partial charge in [-0.3, -0.25) is 19.3 Å². The van der Waals surface area contributed by atoms with Gasteiger partial charge in [-0.2, -0.15) is 0 Å². The molecule has 0 radical (unpaired) electrons. The number of para-hydroxylation sites is 1. The van der Waals surface area contributed by atoms with Crippen LogP contribution in [0.5, 0.6) is 0 Å². The summed E-state index contributed by atoms with van der Waals surface area (Å²) >= 11 is 12.1. The fraction of sp³-hybridized carbons (Fsp3) is 0.375. The van der Waals surface area contributed by atoms with E-state index in [9.17, 15) is 14.4 Å². The molecule has 0 bridgehead atoms. The maximum Gasteiger partial charge on any atom is 0.255 e. The van der Waals surface area contributed by atoms with Gasteiger partial charge < -0.3 is 15.1 Å². The first kappa shape index (κ1) is 23.5. The zero-order chi connectivity index (χ0) is 23.4. The fourth-order valence-electron chi connectivity index (χ4n) is 4.23. The monoisotopic (exact) mass is 488 g/mol. The summed E-state index contributed by atoms with van der Waals surface area (Å²) in [4.78, 5) is 43.3. The zero-order valence-corrected chi connectivity index (χ0v) is 19.7. The molecule has 33 heavy (non-hydrogen) atoms. The van der Waals surface area contributed by atoms with Crippen molar-refractivity contribution in [2.75, 3.05) is 50.7 Å². The van der Waals surface area contributed by atoms with Crippen molar-refractivity contribution >= 4 is 46.6 Å². The molecule has 2 aliphatic rings. The lowest BCUT2D eigenvalue weighted by atomic mass is 10.1. The van der Waals surface area contributed by atoms with Crippen LogP contribution in [0.2, 0.25) is 10.0 Å². The highest BCUT2D eigenvalue weighted by Crippen LogP contribution is 2.25. The number of nitrogens with one attached hydrogen (secondary N) is 1. The molecule has 3 amide bonds. The Balaban J connectivity index is 1.19. The van der Waals surface area contributed by atoms with Gasteiger partial charge in [-0.15, -0.1) is 0 Å². The van der Waals surface area contributed by atoms with Crippen LogP contribution in [0.4, 0.5) is 5.69 Å². The number of halogens is 2. The average Bonchev–Trinajstić information content (AvgIpc) is 3.21. The Morgan fingerprint density at radius 3 is 2.42 bits per heavy atom. The third kappa shape index (κ3) is 5.66. The van der Waals surface area contributed by atoms with E-state index in [1.54, 1.807) is 28.0 Å². The molecule has 4 rings (SSSR count). The Kier molecular flexibility index (Phi) is 7.53. The molecule has 2 fully saturated rings. The third-order valence-electron chi connectivity index (χ3n) is 6.11. The summed E-state index contributed by atoms with van der Waals surface area (Å²) in [6, 6.07) is 14.3. The number of anilines is 1. The molecule has 2 aliphatic heterocycles. The molecule has 2 aromatic rings. The van der Waals surface area contributed by atoms with Crippen LogP contribution in [0.1, 0.15) is 16.8 Å². The highest BCUT2D eigenvalue weighted by atomic mass is 35.5. The number of benzene rings is 2. The Morgan fingerprint density at radius 1 is 1.00 bits per heavy atom. The molecular weight excluding hydrogens is 463 g/mol. The van der Waals surface area contributed by atoms with Crippen molar-refractivity contribution in [3.05, 3.63) is 64.1 Å². The highest BCUT2D eigenvalue weighted by molar-refractivity contribution is 6.36. The van der Waals surface area contributed by atoms with Crippen molar-refractivity contribution in [2.45, 2.75) is 6.42 Å². The molecule has 9 heteroatoms. The fourth-order valence-corrected chi connectivity index (χ4v) is 4.72. The molecule has 0 spiro atoms. The summed E-state index contributed by atoms with van der Waals surface area (Å²) in [7, 11) is 0. The minimum atomic E-state index is -0.337. The Labute approximate surface area is 203 Å². The standard InChI is InChI=1S/C24H26Cl2N4O3/c25-18-6-7-20(21(26)15-18)24(33)29-12-10-28(11-13-29)9-8-27-23(32)17-14-22(31)30(16-17)19-4-2-1-3-5-19/h1-7,15,17H,8-14,16H2,(H,27,32). The molecular formula is C24H26Cl2N4O3. The molecule has 2 aromatic carbocycles. The van der Waals surface area contributed by atoms with E-state index in [1.165, 1.54) is 0 Å². The lowest BCUT2D eigenvalue weighted by molar-refractivity contribution is -0.126. The summed E-state index contributed by atoms with van der Waals surface area (Å²) < 4.78 is 0. The largest absolute Gasteiger partial charge is 0.355 e. The van der Waals surface area contributed by atoms with Gasteiger partial charge in [0.15, 0.2) is 0 Å². The highest BCUT2D eigenvalue weighted by Gasteiger charge is 2.35. The van der Waals surface area contributed by atoms with Gasteiger partial charge in [0.05, 0.1) is 16.5 Å². The Hall–Kier alpha value is -2.61. The molecule has 0 aromatic heterocycles. The summed E-state index contributed by atoms with van der Waals surface area (Å²) in [5, 5.41) is 3.82. The smallest absolute Gasteiger partial charge is 0.255 e. The first-order chi connectivity index (χ1) is 15.9. The van der Waals surface area contributed by atoms with Crippen LogP contribution >= 0.6 is 23.2 Å². The number of rotatable bonds is 6. The van der Waals surface area contributed by atoms with E-state index in [0.717, 1.165) is 18.8 Å². The van der Waals surface area contributed by atoms with Gasteiger partial charge in [-0.25, -0.2) is 0 Å². The maximum atomic E-state index is 12.7. The topological polar surface area (TPSA) is 73.0 Å². The van der Waals surface area contributed by atoms with E-state index < -0.39 is 0 Å². The minimum Gasteiger partial charge on any atom is -0.355 e. The van der Waals surface area contributed by atoms with E-state index >= 15 is 0 Å². The van der Waals surface area contributed by atoms with Gasteiger partial charge >= 0.3 is 0 Å². The molecule has 7 nitrogen and oxygen atoms in total. The molecule has 1 N–H and O–H groups in total. The van der Waals surface area contributed by atoms with Gasteiger partial charge in [0.1, 0.15) is 0 Å².